The molecule has 0 aliphatic rings. The summed E-state index contributed by atoms with van der Waals surface area (Å²) in [5.41, 5.74) is 0.123. The number of aromatic amines is 1. The molecule has 2 N–H and O–H groups in total. The second-order valence-corrected chi connectivity index (χ2v) is 3.85. The molecule has 0 saturated carbocycles. The number of hydrogen-bond acceptors (Lipinski definition) is 3. The molecule has 5 nitrogen and oxygen atoms in total. The van der Waals surface area contributed by atoms with Gasteiger partial charge in [-0.25, -0.2) is 4.98 Å². The summed E-state index contributed by atoms with van der Waals surface area (Å²) in [6.45, 7) is 2.82. The molecule has 17 heavy (non-hydrogen) atoms. The van der Waals surface area contributed by atoms with Crippen molar-refractivity contribution in [1.29, 1.82) is 0 Å². The summed E-state index contributed by atoms with van der Waals surface area (Å²) in [5.74, 6) is 0.503. The van der Waals surface area contributed by atoms with E-state index in [-0.39, 0.29) is 5.43 Å². The molecule has 0 radical (unpaired) electrons. The molecule has 2 rings (SSSR count). The molecule has 0 aromatic carbocycles. The molecule has 2 heterocycles. The number of aliphatic hydroxyl groups is 1. The maximum atomic E-state index is 11.6. The summed E-state index contributed by atoms with van der Waals surface area (Å²) in [6, 6.07) is 1.39. The third kappa shape index (κ3) is 2.29. The van der Waals surface area contributed by atoms with Crippen LogP contribution in [0.4, 0.5) is 0 Å². The van der Waals surface area contributed by atoms with Gasteiger partial charge in [-0.15, -0.1) is 0 Å². The van der Waals surface area contributed by atoms with Crippen molar-refractivity contribution in [2.45, 2.75) is 26.0 Å². The van der Waals surface area contributed by atoms with Gasteiger partial charge < -0.3 is 14.7 Å². The number of hydrogen-bond donors (Lipinski definition) is 2. The minimum absolute atomic E-state index is 0.192. The molecular formula is C12H15N3O2. The molecule has 2 aromatic heterocycles. The first kappa shape index (κ1) is 11.6. The van der Waals surface area contributed by atoms with E-state index in [0.29, 0.717) is 11.4 Å². The van der Waals surface area contributed by atoms with E-state index in [1.165, 1.54) is 18.5 Å². The standard InChI is InChI=1S/C12H15N3O2/c1-2-6-15-7-5-14-12(15)11(17)9-8-13-4-3-10(9)16/h3-5,7-8,11,17H,2,6H2,1H3,(H,13,16). The minimum atomic E-state index is -0.985. The lowest BCUT2D eigenvalue weighted by atomic mass is 10.1. The van der Waals surface area contributed by atoms with Crippen molar-refractivity contribution < 1.29 is 5.11 Å². The van der Waals surface area contributed by atoms with Crippen molar-refractivity contribution >= 4 is 0 Å². The largest absolute Gasteiger partial charge is 0.380 e. The van der Waals surface area contributed by atoms with Gasteiger partial charge in [-0.1, -0.05) is 6.92 Å². The second-order valence-electron chi connectivity index (χ2n) is 3.85. The second kappa shape index (κ2) is 4.97. The predicted octanol–water partition coefficient (Wildman–Crippen LogP) is 1.06. The number of aliphatic hydroxyl groups excluding tert-OH is 1. The first-order valence-corrected chi connectivity index (χ1v) is 5.60. The Morgan fingerprint density at radius 2 is 2.41 bits per heavy atom. The summed E-state index contributed by atoms with van der Waals surface area (Å²) >= 11 is 0. The van der Waals surface area contributed by atoms with Crippen LogP contribution in [0.3, 0.4) is 0 Å². The molecule has 0 bridgehead atoms. The maximum Gasteiger partial charge on any atom is 0.187 e. The van der Waals surface area contributed by atoms with Crippen molar-refractivity contribution in [2.75, 3.05) is 0 Å². The number of nitrogens with one attached hydrogen (secondary N) is 1. The third-order valence-corrected chi connectivity index (χ3v) is 2.61. The minimum Gasteiger partial charge on any atom is -0.380 e. The zero-order chi connectivity index (χ0) is 12.3. The number of H-pyrrole nitrogens is 1. The smallest absolute Gasteiger partial charge is 0.187 e. The SMILES string of the molecule is CCCn1ccnc1C(O)c1c[nH]ccc1=O. The fraction of sp³-hybridized carbons (Fsp3) is 0.333. The summed E-state index contributed by atoms with van der Waals surface area (Å²) in [5, 5.41) is 10.2. The van der Waals surface area contributed by atoms with E-state index < -0.39 is 6.10 Å². The molecule has 1 atom stereocenters. The number of aryl methyl sites for hydroxylation is 1. The van der Waals surface area contributed by atoms with Crippen LogP contribution in [0.1, 0.15) is 30.8 Å². The van der Waals surface area contributed by atoms with Crippen LogP contribution in [0.25, 0.3) is 0 Å². The molecule has 0 spiro atoms. The highest BCUT2D eigenvalue weighted by atomic mass is 16.3. The number of nitrogens with zero attached hydrogens (tertiary/aromatic N) is 2. The molecular weight excluding hydrogens is 218 g/mol. The summed E-state index contributed by atoms with van der Waals surface area (Å²) < 4.78 is 1.86. The van der Waals surface area contributed by atoms with E-state index >= 15 is 0 Å². The predicted molar refractivity (Wildman–Crippen MR) is 63.6 cm³/mol. The molecule has 0 saturated heterocycles. The Hall–Kier alpha value is -1.88. The topological polar surface area (TPSA) is 70.9 Å². The van der Waals surface area contributed by atoms with Crippen LogP contribution in [0, 0.1) is 0 Å². The lowest BCUT2D eigenvalue weighted by molar-refractivity contribution is 0.203. The lowest BCUT2D eigenvalue weighted by Crippen LogP contribution is -2.17. The van der Waals surface area contributed by atoms with Gasteiger partial charge in [0.05, 0.1) is 5.56 Å². The summed E-state index contributed by atoms with van der Waals surface area (Å²) in [7, 11) is 0. The van der Waals surface area contributed by atoms with Gasteiger partial charge in [0.1, 0.15) is 11.9 Å². The monoisotopic (exact) mass is 233 g/mol. The Labute approximate surface area is 98.8 Å². The lowest BCUT2D eigenvalue weighted by Gasteiger charge is -2.12. The molecule has 0 aliphatic carbocycles. The molecule has 1 unspecified atom stereocenters. The Bertz CT molecular complexity index is 544. The van der Waals surface area contributed by atoms with Crippen LogP contribution in [0.15, 0.2) is 35.6 Å². The number of aromatic nitrogens is 3. The zero-order valence-corrected chi connectivity index (χ0v) is 9.63. The Balaban J connectivity index is 2.37. The molecule has 90 valence electrons. The van der Waals surface area contributed by atoms with E-state index in [4.69, 9.17) is 0 Å². The van der Waals surface area contributed by atoms with Crippen molar-refractivity contribution in [2.24, 2.45) is 0 Å². The van der Waals surface area contributed by atoms with Crippen molar-refractivity contribution in [3.63, 3.8) is 0 Å². The fourth-order valence-corrected chi connectivity index (χ4v) is 1.78. The van der Waals surface area contributed by atoms with E-state index in [1.807, 2.05) is 11.5 Å². The number of imidazole rings is 1. The molecule has 0 fully saturated rings. The third-order valence-electron chi connectivity index (χ3n) is 2.61. The number of rotatable bonds is 4. The van der Waals surface area contributed by atoms with Gasteiger partial charge in [0, 0.05) is 37.4 Å². The maximum absolute atomic E-state index is 11.6. The van der Waals surface area contributed by atoms with Crippen LogP contribution in [0.5, 0.6) is 0 Å². The zero-order valence-electron chi connectivity index (χ0n) is 9.63. The normalized spacial score (nSPS) is 12.6. The van der Waals surface area contributed by atoms with Crippen LogP contribution in [-0.2, 0) is 6.54 Å². The van der Waals surface area contributed by atoms with E-state index in [1.54, 1.807) is 12.4 Å². The van der Waals surface area contributed by atoms with Crippen LogP contribution in [0.2, 0.25) is 0 Å². The van der Waals surface area contributed by atoms with E-state index in [9.17, 15) is 9.90 Å². The Kier molecular flexibility index (Phi) is 3.39. The van der Waals surface area contributed by atoms with Gasteiger partial charge in [-0.05, 0) is 6.42 Å². The molecule has 0 amide bonds. The first-order chi connectivity index (χ1) is 8.24. The summed E-state index contributed by atoms with van der Waals surface area (Å²) in [6.07, 6.45) is 6.45. The van der Waals surface area contributed by atoms with Gasteiger partial charge in [-0.2, -0.15) is 0 Å². The Morgan fingerprint density at radius 1 is 1.59 bits per heavy atom. The van der Waals surface area contributed by atoms with Gasteiger partial charge in [0.15, 0.2) is 5.43 Å². The average Bonchev–Trinajstić information content (AvgIpc) is 2.78. The van der Waals surface area contributed by atoms with Crippen molar-refractivity contribution in [1.82, 2.24) is 14.5 Å². The highest BCUT2D eigenvalue weighted by Gasteiger charge is 2.18. The fourth-order valence-electron chi connectivity index (χ4n) is 1.78. The highest BCUT2D eigenvalue weighted by molar-refractivity contribution is 5.19. The molecule has 2 aromatic rings. The van der Waals surface area contributed by atoms with Gasteiger partial charge in [0.25, 0.3) is 0 Å². The summed E-state index contributed by atoms with van der Waals surface area (Å²) in [4.78, 5) is 18.5. The van der Waals surface area contributed by atoms with E-state index in [0.717, 1.165) is 13.0 Å². The van der Waals surface area contributed by atoms with Gasteiger partial charge in [-0.3, -0.25) is 4.79 Å². The van der Waals surface area contributed by atoms with Crippen LogP contribution in [-0.4, -0.2) is 19.6 Å². The molecule has 5 heteroatoms. The van der Waals surface area contributed by atoms with Gasteiger partial charge in [0.2, 0.25) is 0 Å². The quantitative estimate of drug-likeness (QED) is 0.829. The van der Waals surface area contributed by atoms with Crippen LogP contribution < -0.4 is 5.43 Å². The van der Waals surface area contributed by atoms with E-state index in [2.05, 4.69) is 9.97 Å². The Morgan fingerprint density at radius 3 is 3.12 bits per heavy atom. The highest BCUT2D eigenvalue weighted by Crippen LogP contribution is 2.17. The van der Waals surface area contributed by atoms with Crippen molar-refractivity contribution in [3.8, 4) is 0 Å². The average molecular weight is 233 g/mol. The van der Waals surface area contributed by atoms with Crippen molar-refractivity contribution in [3.05, 3.63) is 52.5 Å². The first-order valence-electron chi connectivity index (χ1n) is 5.60. The molecule has 0 aliphatic heterocycles. The number of pyridine rings is 1. The van der Waals surface area contributed by atoms with Crippen LogP contribution >= 0.6 is 0 Å². The van der Waals surface area contributed by atoms with Gasteiger partial charge >= 0.3 is 0 Å².